The average molecular weight is 581 g/mol. The van der Waals surface area contributed by atoms with Gasteiger partial charge >= 0.3 is 0 Å². The lowest BCUT2D eigenvalue weighted by atomic mass is 10.0. The molecule has 0 radical (unpaired) electrons. The highest BCUT2D eigenvalue weighted by Gasteiger charge is 2.19. The van der Waals surface area contributed by atoms with Crippen LogP contribution < -0.4 is 24.4 Å². The fraction of sp³-hybridized carbons (Fsp3) is 0.314. The van der Waals surface area contributed by atoms with Crippen molar-refractivity contribution in [1.29, 1.82) is 0 Å². The second-order valence-corrected chi connectivity index (χ2v) is 10.9. The van der Waals surface area contributed by atoms with Crippen molar-refractivity contribution < 1.29 is 19.0 Å². The number of carbonyl (C=O) groups excluding carboxylic acids is 1. The lowest BCUT2D eigenvalue weighted by Crippen LogP contribution is -2.46. The van der Waals surface area contributed by atoms with Crippen molar-refractivity contribution in [3.63, 3.8) is 0 Å². The number of benzene rings is 3. The maximum absolute atomic E-state index is 12.7. The zero-order valence-electron chi connectivity index (χ0n) is 25.4. The van der Waals surface area contributed by atoms with E-state index in [2.05, 4.69) is 38.3 Å². The molecule has 1 amide bonds. The number of carbonyl (C=O) groups is 1. The minimum atomic E-state index is -0.134. The summed E-state index contributed by atoms with van der Waals surface area (Å²) in [5, 5.41) is 2.94. The quantitative estimate of drug-likeness (QED) is 0.217. The Labute approximate surface area is 254 Å². The van der Waals surface area contributed by atoms with Crippen LogP contribution in [0.3, 0.4) is 0 Å². The van der Waals surface area contributed by atoms with Crippen LogP contribution in [0.4, 0.5) is 11.4 Å². The first kappa shape index (κ1) is 29.9. The monoisotopic (exact) mass is 580 g/mol. The minimum Gasteiger partial charge on any atom is -0.497 e. The van der Waals surface area contributed by atoms with Crippen LogP contribution in [0.25, 0.3) is 11.1 Å². The molecule has 0 spiro atoms. The molecule has 1 aliphatic rings. The van der Waals surface area contributed by atoms with Crippen LogP contribution in [0.2, 0.25) is 0 Å². The lowest BCUT2D eigenvalue weighted by molar-refractivity contribution is 0.102. The van der Waals surface area contributed by atoms with E-state index in [0.717, 1.165) is 72.5 Å². The number of aromatic nitrogens is 1. The Kier molecular flexibility index (Phi) is 9.79. The molecule has 1 N–H and O–H groups in total. The Balaban J connectivity index is 1.20. The van der Waals surface area contributed by atoms with Crippen LogP contribution in [0.5, 0.6) is 17.2 Å². The molecule has 5 rings (SSSR count). The van der Waals surface area contributed by atoms with Crippen LogP contribution >= 0.6 is 0 Å². The molecule has 0 saturated carbocycles. The summed E-state index contributed by atoms with van der Waals surface area (Å²) >= 11 is 0. The summed E-state index contributed by atoms with van der Waals surface area (Å²) in [5.41, 5.74) is 5.76. The summed E-state index contributed by atoms with van der Waals surface area (Å²) in [4.78, 5) is 22.0. The molecule has 1 fully saturated rings. The van der Waals surface area contributed by atoms with E-state index >= 15 is 0 Å². The molecule has 0 aliphatic carbocycles. The molecule has 8 heteroatoms. The van der Waals surface area contributed by atoms with Crippen LogP contribution in [0, 0.1) is 0 Å². The third kappa shape index (κ3) is 8.05. The molecule has 1 aromatic heterocycles. The van der Waals surface area contributed by atoms with Gasteiger partial charge in [-0.05, 0) is 105 Å². The fourth-order valence-electron chi connectivity index (χ4n) is 5.20. The highest BCUT2D eigenvalue weighted by Crippen LogP contribution is 2.30. The van der Waals surface area contributed by atoms with Crippen molar-refractivity contribution in [1.82, 2.24) is 9.88 Å². The van der Waals surface area contributed by atoms with Crippen LogP contribution in [0.1, 0.15) is 36.7 Å². The van der Waals surface area contributed by atoms with Crippen LogP contribution in [-0.2, 0) is 6.54 Å². The predicted octanol–water partition coefficient (Wildman–Crippen LogP) is 6.52. The standard InChI is InChI=1S/C35H40N4O4/c1-5-42-34-21-29(22-36-23-34)28-18-26(19-33(20-28)43-25(2)3)24-38-14-16-39(17-15-38)31-10-6-27(7-11-31)35(40)37-30-8-12-32(41-4)13-9-30/h6-13,18-23,25H,5,14-17,24H2,1-4H3,(H,37,40). The molecule has 4 aromatic rings. The van der Waals surface area contributed by atoms with E-state index < -0.39 is 0 Å². The van der Waals surface area contributed by atoms with Gasteiger partial charge in [-0.25, -0.2) is 0 Å². The van der Waals surface area contributed by atoms with Crippen LogP contribution in [-0.4, -0.2) is 61.8 Å². The Morgan fingerprint density at radius 1 is 0.860 bits per heavy atom. The first-order valence-corrected chi connectivity index (χ1v) is 14.8. The van der Waals surface area contributed by atoms with Crippen molar-refractivity contribution in [2.45, 2.75) is 33.4 Å². The molecular formula is C35H40N4O4. The lowest BCUT2D eigenvalue weighted by Gasteiger charge is -2.36. The topological polar surface area (TPSA) is 76.2 Å². The predicted molar refractivity (Wildman–Crippen MR) is 171 cm³/mol. The van der Waals surface area contributed by atoms with E-state index in [9.17, 15) is 4.79 Å². The van der Waals surface area contributed by atoms with Gasteiger partial charge in [0.15, 0.2) is 0 Å². The first-order chi connectivity index (χ1) is 20.9. The van der Waals surface area contributed by atoms with Crippen molar-refractivity contribution >= 4 is 17.3 Å². The average Bonchev–Trinajstić information content (AvgIpc) is 3.02. The molecule has 224 valence electrons. The SMILES string of the molecule is CCOc1cncc(-c2cc(CN3CCN(c4ccc(C(=O)Nc5ccc(OC)cc5)cc4)CC3)cc(OC(C)C)c2)c1. The number of nitrogens with zero attached hydrogens (tertiary/aromatic N) is 3. The number of hydrogen-bond donors (Lipinski definition) is 1. The number of pyridine rings is 1. The third-order valence-electron chi connectivity index (χ3n) is 7.32. The van der Waals surface area contributed by atoms with Gasteiger partial charge < -0.3 is 24.4 Å². The number of anilines is 2. The Hall–Kier alpha value is -4.56. The highest BCUT2D eigenvalue weighted by atomic mass is 16.5. The summed E-state index contributed by atoms with van der Waals surface area (Å²) in [5.74, 6) is 2.24. The van der Waals surface area contributed by atoms with Gasteiger partial charge in [0.1, 0.15) is 17.2 Å². The molecule has 43 heavy (non-hydrogen) atoms. The number of amides is 1. The number of piperazine rings is 1. The van der Waals surface area contributed by atoms with Crippen molar-refractivity contribution in [2.75, 3.05) is 50.1 Å². The zero-order chi connectivity index (χ0) is 30.2. The molecular weight excluding hydrogens is 540 g/mol. The van der Waals surface area contributed by atoms with E-state index in [0.29, 0.717) is 12.2 Å². The Morgan fingerprint density at radius 3 is 2.26 bits per heavy atom. The largest absolute Gasteiger partial charge is 0.497 e. The van der Waals surface area contributed by atoms with Gasteiger partial charge in [-0.2, -0.15) is 0 Å². The van der Waals surface area contributed by atoms with Gasteiger partial charge in [0.2, 0.25) is 0 Å². The van der Waals surface area contributed by atoms with Gasteiger partial charge in [-0.15, -0.1) is 0 Å². The molecule has 1 aliphatic heterocycles. The molecule has 0 unspecified atom stereocenters. The van der Waals surface area contributed by atoms with E-state index in [1.54, 1.807) is 13.3 Å². The van der Waals surface area contributed by atoms with Crippen molar-refractivity contribution in [2.24, 2.45) is 0 Å². The highest BCUT2D eigenvalue weighted by molar-refractivity contribution is 6.04. The molecule has 8 nitrogen and oxygen atoms in total. The first-order valence-electron chi connectivity index (χ1n) is 14.8. The molecule has 3 aromatic carbocycles. The fourth-order valence-corrected chi connectivity index (χ4v) is 5.20. The number of rotatable bonds is 11. The molecule has 1 saturated heterocycles. The summed E-state index contributed by atoms with van der Waals surface area (Å²) in [6.45, 7) is 11.2. The number of methoxy groups -OCH3 is 1. The number of hydrogen-bond acceptors (Lipinski definition) is 7. The van der Waals surface area contributed by atoms with Gasteiger partial charge in [0, 0.05) is 61.4 Å². The van der Waals surface area contributed by atoms with E-state index in [-0.39, 0.29) is 12.0 Å². The maximum Gasteiger partial charge on any atom is 0.255 e. The second-order valence-electron chi connectivity index (χ2n) is 10.9. The third-order valence-corrected chi connectivity index (χ3v) is 7.32. The number of nitrogens with one attached hydrogen (secondary N) is 1. The molecule has 0 bridgehead atoms. The zero-order valence-corrected chi connectivity index (χ0v) is 25.4. The summed E-state index contributed by atoms with van der Waals surface area (Å²) in [6, 6.07) is 23.6. The maximum atomic E-state index is 12.7. The van der Waals surface area contributed by atoms with Gasteiger partial charge in [0.05, 0.1) is 26.0 Å². The Morgan fingerprint density at radius 2 is 1.58 bits per heavy atom. The van der Waals surface area contributed by atoms with E-state index in [1.807, 2.05) is 81.6 Å². The van der Waals surface area contributed by atoms with Crippen molar-refractivity contribution in [3.05, 3.63) is 96.3 Å². The van der Waals surface area contributed by atoms with Gasteiger partial charge in [-0.3, -0.25) is 14.7 Å². The van der Waals surface area contributed by atoms with Gasteiger partial charge in [0.25, 0.3) is 5.91 Å². The number of ether oxygens (including phenoxy) is 3. The smallest absolute Gasteiger partial charge is 0.255 e. The van der Waals surface area contributed by atoms with Crippen LogP contribution in [0.15, 0.2) is 85.2 Å². The Bertz CT molecular complexity index is 1500. The summed E-state index contributed by atoms with van der Waals surface area (Å²) < 4.78 is 17.0. The molecule has 0 atom stereocenters. The summed E-state index contributed by atoms with van der Waals surface area (Å²) in [6.07, 6.45) is 3.69. The normalized spacial score (nSPS) is 13.6. The second kappa shape index (κ2) is 14.1. The minimum absolute atomic E-state index is 0.0828. The summed E-state index contributed by atoms with van der Waals surface area (Å²) in [7, 11) is 1.62. The van der Waals surface area contributed by atoms with Gasteiger partial charge in [-0.1, -0.05) is 0 Å². The van der Waals surface area contributed by atoms with E-state index in [1.165, 1.54) is 5.56 Å². The molecule has 2 heterocycles. The van der Waals surface area contributed by atoms with E-state index in [4.69, 9.17) is 14.2 Å². The van der Waals surface area contributed by atoms with Crippen molar-refractivity contribution in [3.8, 4) is 28.4 Å².